The van der Waals surface area contributed by atoms with Gasteiger partial charge in [-0.05, 0) is 0 Å². The minimum Gasteiger partial charge on any atom is -0.325 e. The lowest BCUT2D eigenvalue weighted by molar-refractivity contribution is 0.223. The van der Waals surface area contributed by atoms with Crippen LogP contribution < -0.4 is 0 Å². The molecule has 0 aliphatic carbocycles. The normalized spacial score (nSPS) is 17.2. The van der Waals surface area contributed by atoms with E-state index >= 15 is 0 Å². The molecule has 3 unspecified atom stereocenters. The van der Waals surface area contributed by atoms with E-state index < -0.39 is 46.3 Å². The van der Waals surface area contributed by atoms with Crippen LogP contribution in [0.15, 0.2) is 0 Å². The Hall–Kier alpha value is 0.900. The highest BCUT2D eigenvalue weighted by molar-refractivity contribution is 7.67. The molecule has 0 amide bonds. The maximum atomic E-state index is 10.5. The fourth-order valence-corrected chi connectivity index (χ4v) is 5.11. The smallest absolute Gasteiger partial charge is 0.325 e. The second-order valence-electron chi connectivity index (χ2n) is 4.14. The van der Waals surface area contributed by atoms with E-state index in [4.69, 9.17) is 44.0 Å². The van der Waals surface area contributed by atoms with Gasteiger partial charge in [0.1, 0.15) is 0 Å². The molecule has 192 valence electrons. The second-order valence-corrected chi connectivity index (χ2v) is 13.9. The minimum atomic E-state index is -5.24. The largest absolute Gasteiger partial charge is 0.488 e. The summed E-state index contributed by atoms with van der Waals surface area (Å²) in [5.41, 5.74) is 0. The molecule has 0 saturated carbocycles. The van der Waals surface area contributed by atoms with E-state index in [2.05, 4.69) is 12.9 Å². The van der Waals surface area contributed by atoms with Crippen molar-refractivity contribution < 1.29 is 84.4 Å². The quantitative estimate of drug-likeness (QED) is 0.203. The summed E-state index contributed by atoms with van der Waals surface area (Å²) in [7, 11) is -27.3. The predicted molar refractivity (Wildman–Crippen MR) is 107 cm³/mol. The van der Waals surface area contributed by atoms with Crippen LogP contribution in [0.4, 0.5) is 0 Å². The van der Waals surface area contributed by atoms with Crippen molar-refractivity contribution in [1.29, 1.82) is 0 Å². The van der Waals surface area contributed by atoms with Gasteiger partial charge in [-0.25, -0.2) is 22.3 Å². The topological polar surface area (TPSA) is 312 Å². The van der Waals surface area contributed by atoms with Gasteiger partial charge in [-0.2, -0.15) is 4.31 Å². The van der Waals surface area contributed by atoms with E-state index in [0.717, 1.165) is 6.66 Å². The molecule has 0 spiro atoms. The molecule has 0 radical (unpaired) electrons. The van der Waals surface area contributed by atoms with Gasteiger partial charge in [-0.3, -0.25) is 13.7 Å². The van der Waals surface area contributed by atoms with Crippen molar-refractivity contribution in [3.63, 3.8) is 0 Å². The van der Waals surface area contributed by atoms with Crippen molar-refractivity contribution in [2.75, 3.05) is 20.0 Å². The third-order valence-electron chi connectivity index (χ3n) is 0.722. The molecule has 3 atom stereocenters. The summed E-state index contributed by atoms with van der Waals surface area (Å²) in [6, 6.07) is 0. The molecule has 0 aromatic carbocycles. The van der Waals surface area contributed by atoms with E-state index in [0.29, 0.717) is 13.3 Å². The Morgan fingerprint density at radius 2 is 0.667 bits per heavy atom. The highest BCUT2D eigenvalue weighted by Gasteiger charge is 2.37. The number of hydrogen-bond acceptors (Lipinski definition) is 9. The summed E-state index contributed by atoms with van der Waals surface area (Å²) < 4.78 is 70.3. The molecule has 24 heteroatoms. The number of rotatable bonds is 6. The molecule has 0 heterocycles. The van der Waals surface area contributed by atoms with Gasteiger partial charge in [0.25, 0.3) is 0 Å². The van der Waals surface area contributed by atoms with Crippen molar-refractivity contribution in [2.24, 2.45) is 0 Å². The first-order valence-corrected chi connectivity index (χ1v) is 16.0. The van der Waals surface area contributed by atoms with E-state index in [1.807, 2.05) is 0 Å². The highest BCUT2D eigenvalue weighted by Crippen LogP contribution is 2.64. The Morgan fingerprint density at radius 3 is 0.767 bits per heavy atom. The molecular weight excluding hydrogens is 546 g/mol. The van der Waals surface area contributed by atoms with Crippen molar-refractivity contribution in [3.8, 4) is 0 Å². The standard InChI is InChI=1S/CH7O9P3.CH6O6P2.CH5O3P.3CH4/c1-11(2,3)9-13(7,8)10-12(4,5)6;1-8(2,3)7-9(4,5)6;1-5(2,3)4;;;/h1H3,(H,2,3)(H,7,8)(H2,4,5,6);1H3,(H,2,3)(H2,4,5,6);1H3,(H2,2,3,4);3*1H4. The van der Waals surface area contributed by atoms with Crippen LogP contribution in [0, 0.1) is 0 Å². The van der Waals surface area contributed by atoms with Crippen molar-refractivity contribution in [2.45, 2.75) is 22.3 Å². The molecule has 0 aromatic heterocycles. The number of hydrogen-bond donors (Lipinski definition) is 9. The molecule has 0 saturated heterocycles. The number of phosphoric acid groups is 3. The molecule has 30 heavy (non-hydrogen) atoms. The molecule has 0 fully saturated rings. The first-order valence-electron chi connectivity index (χ1n) is 5.33. The molecule has 0 aromatic rings. The average molecular weight is 576 g/mol. The van der Waals surface area contributed by atoms with E-state index in [9.17, 15) is 27.4 Å². The van der Waals surface area contributed by atoms with E-state index in [1.165, 1.54) is 0 Å². The van der Waals surface area contributed by atoms with Crippen molar-refractivity contribution in [3.05, 3.63) is 0 Å². The summed E-state index contributed by atoms with van der Waals surface area (Å²) in [5.74, 6) is 0. The Morgan fingerprint density at radius 1 is 0.467 bits per heavy atom. The van der Waals surface area contributed by atoms with Crippen molar-refractivity contribution in [1.82, 2.24) is 0 Å². The lowest BCUT2D eigenvalue weighted by Gasteiger charge is -2.13. The molecule has 0 aliphatic rings. The Bertz CT molecular complexity index is 672. The molecule has 18 nitrogen and oxygen atoms in total. The van der Waals surface area contributed by atoms with Gasteiger partial charge in [0, 0.05) is 20.0 Å². The molecule has 0 aliphatic heterocycles. The van der Waals surface area contributed by atoms with Crippen LogP contribution in [0.2, 0.25) is 0 Å². The van der Waals surface area contributed by atoms with E-state index in [1.54, 1.807) is 0 Å². The summed E-state index contributed by atoms with van der Waals surface area (Å²) in [6.07, 6.45) is 0. The van der Waals surface area contributed by atoms with Crippen LogP contribution >= 0.6 is 46.3 Å². The van der Waals surface area contributed by atoms with Crippen LogP contribution in [-0.2, 0) is 40.3 Å². The Labute approximate surface area is 173 Å². The van der Waals surface area contributed by atoms with Crippen molar-refractivity contribution >= 4 is 46.3 Å². The monoisotopic (exact) mass is 576 g/mol. The average Bonchev–Trinajstić information content (AvgIpc) is 1.96. The van der Waals surface area contributed by atoms with Crippen LogP contribution in [0.25, 0.3) is 0 Å². The maximum Gasteiger partial charge on any atom is 0.488 e. The van der Waals surface area contributed by atoms with Crippen LogP contribution in [-0.4, -0.2) is 64.0 Å². The minimum absolute atomic E-state index is 0. The van der Waals surface area contributed by atoms with Gasteiger partial charge in [0.2, 0.25) is 0 Å². The first kappa shape index (κ1) is 44.6. The fraction of sp³-hybridized carbons (Fsp3) is 1.00. The van der Waals surface area contributed by atoms with Crippen LogP contribution in [0.5, 0.6) is 0 Å². The SMILES string of the molecule is C.C.C.CP(=O)(O)O.CP(=O)(O)OP(=O)(O)O.CP(=O)(O)OP(=O)(O)OP(=O)(O)O. The molecule has 0 rings (SSSR count). The summed E-state index contributed by atoms with van der Waals surface area (Å²) in [6.45, 7) is 2.10. The van der Waals surface area contributed by atoms with Gasteiger partial charge in [-0.15, -0.1) is 0 Å². The van der Waals surface area contributed by atoms with E-state index in [-0.39, 0.29) is 22.3 Å². The van der Waals surface area contributed by atoms with Gasteiger partial charge < -0.3 is 44.0 Å². The third-order valence-corrected chi connectivity index (χ3v) is 6.50. The fourth-order valence-electron chi connectivity index (χ4n) is 0.538. The third kappa shape index (κ3) is 63.0. The van der Waals surface area contributed by atoms with Crippen LogP contribution in [0.1, 0.15) is 22.3 Å². The van der Waals surface area contributed by atoms with Gasteiger partial charge >= 0.3 is 46.3 Å². The zero-order chi connectivity index (χ0) is 23.1. The molecule has 0 bridgehead atoms. The second kappa shape index (κ2) is 15.7. The predicted octanol–water partition coefficient (Wildman–Crippen LogP) is 1.64. The lowest BCUT2D eigenvalue weighted by atomic mass is 12.0. The Kier molecular flexibility index (Phi) is 23.3. The van der Waals surface area contributed by atoms with Gasteiger partial charge in [0.05, 0.1) is 0 Å². The summed E-state index contributed by atoms with van der Waals surface area (Å²) in [4.78, 5) is 72.3. The zero-order valence-corrected chi connectivity index (χ0v) is 18.7. The summed E-state index contributed by atoms with van der Waals surface area (Å²) >= 11 is 0. The van der Waals surface area contributed by atoms with Gasteiger partial charge in [0.15, 0.2) is 0 Å². The Balaban J connectivity index is -0.0000000748. The molecule has 9 N–H and O–H groups in total. The first-order chi connectivity index (χ1) is 11.1. The zero-order valence-electron chi connectivity index (χ0n) is 13.4. The maximum absolute atomic E-state index is 10.5. The lowest BCUT2D eigenvalue weighted by Crippen LogP contribution is -1.91. The molecular formula is C6H30O18P6. The highest BCUT2D eigenvalue weighted by atomic mass is 31.3. The van der Waals surface area contributed by atoms with Gasteiger partial charge in [-0.1, -0.05) is 22.3 Å². The summed E-state index contributed by atoms with van der Waals surface area (Å²) in [5, 5.41) is 0. The van der Waals surface area contributed by atoms with Crippen LogP contribution in [0.3, 0.4) is 0 Å².